The van der Waals surface area contributed by atoms with Gasteiger partial charge in [0.05, 0.1) is 22.8 Å². The van der Waals surface area contributed by atoms with Gasteiger partial charge in [0, 0.05) is 32.6 Å². The summed E-state index contributed by atoms with van der Waals surface area (Å²) in [6.07, 6.45) is 1.43. The normalized spacial score (nSPS) is 17.2. The molecule has 0 aliphatic carbocycles. The number of nitrogen functional groups attached to an aromatic ring is 1. The van der Waals surface area contributed by atoms with Crippen LogP contribution >= 0.6 is 0 Å². The number of hydrogen-bond donors (Lipinski definition) is 2. The molecule has 1 fully saturated rings. The molecule has 0 radical (unpaired) electrons. The predicted octanol–water partition coefficient (Wildman–Crippen LogP) is 1.92. The first-order valence-corrected chi connectivity index (χ1v) is 12.9. The van der Waals surface area contributed by atoms with Crippen LogP contribution in [0.3, 0.4) is 0 Å². The topological polar surface area (TPSA) is 137 Å². The highest BCUT2D eigenvalue weighted by atomic mass is 32.2. The van der Waals surface area contributed by atoms with Crippen LogP contribution in [-0.2, 0) is 25.6 Å². The number of nitrogens with zero attached hydrogens (tertiary/aromatic N) is 3. The van der Waals surface area contributed by atoms with Crippen LogP contribution in [0.15, 0.2) is 30.3 Å². The van der Waals surface area contributed by atoms with Crippen molar-refractivity contribution in [1.82, 2.24) is 20.2 Å². The molecule has 1 unspecified atom stereocenters. The molecule has 11 heteroatoms. The Balaban J connectivity index is 1.69. The Hall–Kier alpha value is -2.76. The molecule has 10 nitrogen and oxygen atoms in total. The molecule has 1 aliphatic heterocycles. The van der Waals surface area contributed by atoms with E-state index in [1.807, 2.05) is 18.2 Å². The number of carbonyl (C=O) groups is 1. The van der Waals surface area contributed by atoms with Gasteiger partial charge in [-0.2, -0.15) is 18.4 Å². The van der Waals surface area contributed by atoms with Gasteiger partial charge in [0.15, 0.2) is 0 Å². The Kier molecular flexibility index (Phi) is 8.11. The zero-order valence-corrected chi connectivity index (χ0v) is 20.9. The van der Waals surface area contributed by atoms with Crippen molar-refractivity contribution in [3.63, 3.8) is 0 Å². The van der Waals surface area contributed by atoms with Crippen molar-refractivity contribution < 1.29 is 22.1 Å². The third kappa shape index (κ3) is 6.64. The number of benzene rings is 1. The maximum absolute atomic E-state index is 13.2. The molecule has 0 bridgehead atoms. The minimum absolute atomic E-state index is 0.147. The highest BCUT2D eigenvalue weighted by Gasteiger charge is 2.43. The van der Waals surface area contributed by atoms with E-state index >= 15 is 0 Å². The Morgan fingerprint density at radius 3 is 2.32 bits per heavy atom. The van der Waals surface area contributed by atoms with Crippen molar-refractivity contribution in [3.8, 4) is 6.01 Å². The summed E-state index contributed by atoms with van der Waals surface area (Å²) in [6, 6.07) is 9.86. The molecule has 1 saturated heterocycles. The Morgan fingerprint density at radius 1 is 1.18 bits per heavy atom. The average Bonchev–Trinajstić information content (AvgIpc) is 2.79. The molecule has 34 heavy (non-hydrogen) atoms. The molecule has 1 amide bonds. The van der Waals surface area contributed by atoms with Gasteiger partial charge in [-0.15, -0.1) is 0 Å². The van der Waals surface area contributed by atoms with E-state index < -0.39 is 21.8 Å². The molecule has 1 aromatic heterocycles. The highest BCUT2D eigenvalue weighted by molar-refractivity contribution is 7.86. The molecule has 0 spiro atoms. The van der Waals surface area contributed by atoms with Gasteiger partial charge in [-0.1, -0.05) is 30.3 Å². The first-order chi connectivity index (χ1) is 16.0. The van der Waals surface area contributed by atoms with Crippen LogP contribution in [0.5, 0.6) is 6.01 Å². The Labute approximate surface area is 201 Å². The smallest absolute Gasteiger partial charge is 0.319 e. The first-order valence-electron chi connectivity index (χ1n) is 11.3. The SMILES string of the molecule is CCS(=O)(=O)OC(C)(Oc1nc(C)c(N)c(C)n1)C(=O)NC1CCN(Cc2ccccc2)CC1. The number of aryl methyl sites for hydroxylation is 2. The number of amides is 1. The second-order valence-electron chi connectivity index (χ2n) is 8.58. The molecule has 0 saturated carbocycles. The van der Waals surface area contributed by atoms with Crippen molar-refractivity contribution in [3.05, 3.63) is 47.3 Å². The fourth-order valence-corrected chi connectivity index (χ4v) is 4.42. The van der Waals surface area contributed by atoms with E-state index in [-0.39, 0.29) is 17.8 Å². The summed E-state index contributed by atoms with van der Waals surface area (Å²) in [5.74, 6) is -3.20. The number of nitrogens with one attached hydrogen (secondary N) is 1. The quantitative estimate of drug-likeness (QED) is 0.398. The number of rotatable bonds is 9. The zero-order chi connectivity index (χ0) is 24.9. The molecule has 1 aromatic carbocycles. The van der Waals surface area contributed by atoms with Crippen LogP contribution in [0.25, 0.3) is 0 Å². The Bertz CT molecular complexity index is 1080. The van der Waals surface area contributed by atoms with Crippen molar-refractivity contribution >= 4 is 21.7 Å². The minimum atomic E-state index is -4.03. The fraction of sp³-hybridized carbons (Fsp3) is 0.522. The van der Waals surface area contributed by atoms with Gasteiger partial charge < -0.3 is 15.8 Å². The number of carbonyl (C=O) groups excluding carboxylic acids is 1. The second-order valence-corrected chi connectivity index (χ2v) is 10.4. The van der Waals surface area contributed by atoms with E-state index in [1.54, 1.807) is 13.8 Å². The van der Waals surface area contributed by atoms with Gasteiger partial charge in [0.1, 0.15) is 0 Å². The van der Waals surface area contributed by atoms with Crippen LogP contribution in [0, 0.1) is 13.8 Å². The van der Waals surface area contributed by atoms with E-state index in [0.29, 0.717) is 29.9 Å². The van der Waals surface area contributed by atoms with Crippen molar-refractivity contribution in [2.75, 3.05) is 24.6 Å². The van der Waals surface area contributed by atoms with Gasteiger partial charge in [0.2, 0.25) is 0 Å². The third-order valence-corrected chi connectivity index (χ3v) is 7.10. The van der Waals surface area contributed by atoms with Crippen LogP contribution in [0.2, 0.25) is 0 Å². The lowest BCUT2D eigenvalue weighted by molar-refractivity contribution is -0.163. The number of likely N-dealkylation sites (tertiary alicyclic amines) is 1. The molecule has 3 N–H and O–H groups in total. The first kappa shape index (κ1) is 25.9. The molecule has 1 atom stereocenters. The van der Waals surface area contributed by atoms with Gasteiger partial charge in [-0.3, -0.25) is 9.69 Å². The molecule has 1 aliphatic rings. The van der Waals surface area contributed by atoms with E-state index in [1.165, 1.54) is 19.4 Å². The number of anilines is 1. The van der Waals surface area contributed by atoms with Crippen LogP contribution < -0.4 is 15.8 Å². The molecule has 186 valence electrons. The van der Waals surface area contributed by atoms with Crippen LogP contribution in [0.4, 0.5) is 5.69 Å². The summed E-state index contributed by atoms with van der Waals surface area (Å²) in [5, 5.41) is 2.89. The zero-order valence-electron chi connectivity index (χ0n) is 20.1. The summed E-state index contributed by atoms with van der Waals surface area (Å²) < 4.78 is 35.4. The maximum Gasteiger partial charge on any atom is 0.319 e. The largest absolute Gasteiger partial charge is 0.420 e. The number of nitrogens with two attached hydrogens (primary N) is 1. The minimum Gasteiger partial charge on any atom is -0.420 e. The predicted molar refractivity (Wildman–Crippen MR) is 128 cm³/mol. The van der Waals surface area contributed by atoms with Crippen molar-refractivity contribution in [2.24, 2.45) is 0 Å². The second kappa shape index (κ2) is 10.7. The van der Waals surface area contributed by atoms with Crippen molar-refractivity contribution in [2.45, 2.75) is 58.9 Å². The molecule has 3 rings (SSSR count). The van der Waals surface area contributed by atoms with E-state index in [9.17, 15) is 13.2 Å². The summed E-state index contributed by atoms with van der Waals surface area (Å²) in [6.45, 7) is 8.44. The number of aromatic nitrogens is 2. The molecule has 2 heterocycles. The molecular formula is C23H33N5O5S. The summed E-state index contributed by atoms with van der Waals surface area (Å²) >= 11 is 0. The van der Waals surface area contributed by atoms with Gasteiger partial charge in [0.25, 0.3) is 16.0 Å². The van der Waals surface area contributed by atoms with Crippen molar-refractivity contribution in [1.29, 1.82) is 0 Å². The van der Waals surface area contributed by atoms with Gasteiger partial charge in [-0.25, -0.2) is 4.18 Å². The standard InChI is InChI=1S/C23H33N5O5S/c1-5-34(30,31)33-23(4,32-22-25-16(2)20(24)17(3)26-22)21(29)27-19-11-13-28(14-12-19)15-18-9-7-6-8-10-18/h6-10,19H,5,11-15,24H2,1-4H3,(H,27,29). The lowest BCUT2D eigenvalue weighted by Gasteiger charge is -2.34. The van der Waals surface area contributed by atoms with Gasteiger partial charge in [-0.05, 0) is 39.2 Å². The van der Waals surface area contributed by atoms with E-state index in [4.69, 9.17) is 14.7 Å². The number of ether oxygens (including phenoxy) is 1. The third-order valence-electron chi connectivity index (χ3n) is 5.82. The van der Waals surface area contributed by atoms with Crippen LogP contribution in [-0.4, -0.2) is 59.9 Å². The summed E-state index contributed by atoms with van der Waals surface area (Å²) in [5.41, 5.74) is 8.42. The number of piperidine rings is 1. The Morgan fingerprint density at radius 2 is 1.76 bits per heavy atom. The summed E-state index contributed by atoms with van der Waals surface area (Å²) in [4.78, 5) is 23.8. The molecule has 2 aromatic rings. The van der Waals surface area contributed by atoms with Crippen LogP contribution in [0.1, 0.15) is 43.6 Å². The lowest BCUT2D eigenvalue weighted by atomic mass is 10.0. The summed E-state index contributed by atoms with van der Waals surface area (Å²) in [7, 11) is -4.03. The maximum atomic E-state index is 13.2. The lowest BCUT2D eigenvalue weighted by Crippen LogP contribution is -2.56. The average molecular weight is 492 g/mol. The van der Waals surface area contributed by atoms with E-state index in [0.717, 1.165) is 19.6 Å². The van der Waals surface area contributed by atoms with E-state index in [2.05, 4.69) is 32.3 Å². The van der Waals surface area contributed by atoms with Gasteiger partial charge >= 0.3 is 11.8 Å². The molecular weight excluding hydrogens is 458 g/mol. The monoisotopic (exact) mass is 491 g/mol. The fourth-order valence-electron chi connectivity index (χ4n) is 3.71. The highest BCUT2D eigenvalue weighted by Crippen LogP contribution is 2.24. The number of hydrogen-bond acceptors (Lipinski definition) is 9.